The molecule has 1 heterocycles. The van der Waals surface area contributed by atoms with E-state index in [-0.39, 0.29) is 16.2 Å². The molecule has 0 unspecified atom stereocenters. The van der Waals surface area contributed by atoms with Gasteiger partial charge in [-0.25, -0.2) is 0 Å². The topological polar surface area (TPSA) is 62.8 Å². The van der Waals surface area contributed by atoms with Gasteiger partial charge in [-0.2, -0.15) is 0 Å². The molecule has 3 aromatic rings. The fourth-order valence-electron chi connectivity index (χ4n) is 2.77. The molecule has 6 nitrogen and oxygen atoms in total. The van der Waals surface area contributed by atoms with Crippen molar-refractivity contribution in [2.75, 3.05) is 27.2 Å². The van der Waals surface area contributed by atoms with E-state index < -0.39 is 5.56 Å². The Morgan fingerprint density at radius 3 is 2.31 bits per heavy atom. The van der Waals surface area contributed by atoms with E-state index in [0.29, 0.717) is 17.9 Å². The first-order chi connectivity index (χ1) is 13.9. The lowest BCUT2D eigenvalue weighted by Crippen LogP contribution is -2.27. The summed E-state index contributed by atoms with van der Waals surface area (Å²) in [6.45, 7) is 1.24. The van der Waals surface area contributed by atoms with Gasteiger partial charge in [-0.1, -0.05) is 34.1 Å². The van der Waals surface area contributed by atoms with Crippen molar-refractivity contribution >= 4 is 34.4 Å². The molecule has 0 aliphatic rings. The van der Waals surface area contributed by atoms with Crippen LogP contribution < -0.4 is 5.56 Å². The average molecular weight is 473 g/mol. The summed E-state index contributed by atoms with van der Waals surface area (Å²) in [7, 11) is 3.89. The van der Waals surface area contributed by atoms with Gasteiger partial charge in [0.2, 0.25) is 5.88 Å². The van der Waals surface area contributed by atoms with Crippen molar-refractivity contribution < 1.29 is 5.11 Å². The van der Waals surface area contributed by atoms with Crippen LogP contribution in [0, 0.1) is 4.77 Å². The van der Waals surface area contributed by atoms with Gasteiger partial charge in [0.1, 0.15) is 5.56 Å². The number of likely N-dealkylation sites (N-methyl/N-ethyl adjacent to an activating group) is 1. The zero-order valence-electron chi connectivity index (χ0n) is 16.1. The maximum Gasteiger partial charge on any atom is 0.271 e. The van der Waals surface area contributed by atoms with Crippen LogP contribution >= 0.6 is 28.1 Å². The molecule has 1 aromatic heterocycles. The van der Waals surface area contributed by atoms with Crippen molar-refractivity contribution in [3.63, 3.8) is 0 Å². The highest BCUT2D eigenvalue weighted by molar-refractivity contribution is 9.10. The first-order valence-electron chi connectivity index (χ1n) is 8.97. The minimum absolute atomic E-state index is 0.0872. The van der Waals surface area contributed by atoms with Crippen molar-refractivity contribution in [3.05, 3.63) is 79.8 Å². The van der Waals surface area contributed by atoms with Gasteiger partial charge in [-0.15, -0.1) is 0 Å². The SMILES string of the molecule is CN(C)CCN=Cc1c(O)n(-c2ccc(Br)cc2)c(=S)n(-c2ccccc2)c1=O. The monoisotopic (exact) mass is 472 g/mol. The van der Waals surface area contributed by atoms with Gasteiger partial charge in [0.15, 0.2) is 4.77 Å². The van der Waals surface area contributed by atoms with E-state index in [4.69, 9.17) is 12.2 Å². The predicted octanol–water partition coefficient (Wildman–Crippen LogP) is 3.81. The molecular weight excluding hydrogens is 452 g/mol. The van der Waals surface area contributed by atoms with Crippen LogP contribution in [0.5, 0.6) is 5.88 Å². The van der Waals surface area contributed by atoms with E-state index in [1.807, 2.05) is 61.5 Å². The minimum Gasteiger partial charge on any atom is -0.494 e. The van der Waals surface area contributed by atoms with Gasteiger partial charge in [-0.3, -0.25) is 18.9 Å². The van der Waals surface area contributed by atoms with Crippen LogP contribution in [0.3, 0.4) is 0 Å². The van der Waals surface area contributed by atoms with Crippen LogP contribution in [0.15, 0.2) is 68.9 Å². The molecule has 0 aliphatic carbocycles. The van der Waals surface area contributed by atoms with Gasteiger partial charge in [-0.05, 0) is 62.7 Å². The molecule has 2 aromatic carbocycles. The van der Waals surface area contributed by atoms with Gasteiger partial charge in [0, 0.05) is 17.2 Å². The maximum atomic E-state index is 13.2. The Morgan fingerprint density at radius 2 is 1.69 bits per heavy atom. The summed E-state index contributed by atoms with van der Waals surface area (Å²) in [5.74, 6) is -0.233. The standard InChI is InChI=1S/C21H21BrN4O2S/c1-24(2)13-12-23-14-18-19(27)25(16-6-4-3-5-7-16)21(29)26(20(18)28)17-10-8-15(22)9-11-17/h3-11,14,28H,12-13H2,1-2H3. The van der Waals surface area contributed by atoms with Crippen LogP contribution in [0.2, 0.25) is 0 Å². The predicted molar refractivity (Wildman–Crippen MR) is 123 cm³/mol. The molecule has 0 radical (unpaired) electrons. The highest BCUT2D eigenvalue weighted by atomic mass is 79.9. The Kier molecular flexibility index (Phi) is 6.79. The Hall–Kier alpha value is -2.55. The molecule has 0 saturated heterocycles. The lowest BCUT2D eigenvalue weighted by Gasteiger charge is -2.16. The third-order valence-electron chi connectivity index (χ3n) is 4.26. The molecular formula is C21H21BrN4O2S. The molecule has 29 heavy (non-hydrogen) atoms. The molecule has 0 aliphatic heterocycles. The molecule has 0 bridgehead atoms. The van der Waals surface area contributed by atoms with Gasteiger partial charge < -0.3 is 10.0 Å². The van der Waals surface area contributed by atoms with Crippen molar-refractivity contribution in [2.24, 2.45) is 4.99 Å². The van der Waals surface area contributed by atoms with E-state index in [1.54, 1.807) is 12.1 Å². The van der Waals surface area contributed by atoms with Crippen molar-refractivity contribution in [1.29, 1.82) is 0 Å². The van der Waals surface area contributed by atoms with Crippen LogP contribution in [0.25, 0.3) is 11.4 Å². The first kappa shape index (κ1) is 21.2. The van der Waals surface area contributed by atoms with Gasteiger partial charge in [0.05, 0.1) is 17.9 Å². The zero-order valence-corrected chi connectivity index (χ0v) is 18.5. The van der Waals surface area contributed by atoms with Crippen LogP contribution in [-0.4, -0.2) is 52.5 Å². The number of benzene rings is 2. The van der Waals surface area contributed by atoms with Crippen molar-refractivity contribution in [3.8, 4) is 17.3 Å². The van der Waals surface area contributed by atoms with E-state index >= 15 is 0 Å². The Balaban J connectivity index is 2.25. The quantitative estimate of drug-likeness (QED) is 0.437. The van der Waals surface area contributed by atoms with E-state index in [2.05, 4.69) is 20.9 Å². The summed E-state index contributed by atoms with van der Waals surface area (Å²) in [6, 6.07) is 16.4. The lowest BCUT2D eigenvalue weighted by atomic mass is 10.2. The largest absolute Gasteiger partial charge is 0.494 e. The van der Waals surface area contributed by atoms with Crippen molar-refractivity contribution in [1.82, 2.24) is 14.0 Å². The number of nitrogens with zero attached hydrogens (tertiary/aromatic N) is 4. The summed E-state index contributed by atoms with van der Waals surface area (Å²) < 4.78 is 3.95. The lowest BCUT2D eigenvalue weighted by molar-refractivity contribution is 0.420. The zero-order chi connectivity index (χ0) is 21.0. The van der Waals surface area contributed by atoms with Gasteiger partial charge >= 0.3 is 0 Å². The highest BCUT2D eigenvalue weighted by Gasteiger charge is 2.17. The molecule has 8 heteroatoms. The summed E-state index contributed by atoms with van der Waals surface area (Å²) in [5.41, 5.74) is 0.935. The molecule has 0 amide bonds. The van der Waals surface area contributed by atoms with Crippen LogP contribution in [0.1, 0.15) is 5.56 Å². The number of halogens is 1. The molecule has 3 rings (SSSR count). The summed E-state index contributed by atoms with van der Waals surface area (Å²) in [5, 5.41) is 10.9. The summed E-state index contributed by atoms with van der Waals surface area (Å²) in [6.07, 6.45) is 1.42. The molecule has 0 saturated carbocycles. The number of aromatic nitrogens is 2. The number of aliphatic imine (C=N–C) groups is 1. The second kappa shape index (κ2) is 9.30. The third-order valence-corrected chi connectivity index (χ3v) is 5.16. The fraction of sp³-hybridized carbons (Fsp3) is 0.190. The first-order valence-corrected chi connectivity index (χ1v) is 10.2. The number of aromatic hydroxyl groups is 1. The number of hydrogen-bond donors (Lipinski definition) is 1. The Bertz CT molecular complexity index is 1140. The Labute approximate surface area is 182 Å². The van der Waals surface area contributed by atoms with E-state index in [0.717, 1.165) is 11.0 Å². The average Bonchev–Trinajstić information content (AvgIpc) is 2.69. The van der Waals surface area contributed by atoms with Gasteiger partial charge in [0.25, 0.3) is 5.56 Å². The maximum absolute atomic E-state index is 13.2. The van der Waals surface area contributed by atoms with E-state index in [1.165, 1.54) is 15.3 Å². The minimum atomic E-state index is -0.416. The fourth-order valence-corrected chi connectivity index (χ4v) is 3.41. The molecule has 150 valence electrons. The third kappa shape index (κ3) is 4.72. The van der Waals surface area contributed by atoms with Crippen LogP contribution in [0.4, 0.5) is 0 Å². The molecule has 0 fully saturated rings. The molecule has 1 N–H and O–H groups in total. The number of para-hydroxylation sites is 1. The molecule has 0 atom stereocenters. The second-order valence-corrected chi connectivity index (χ2v) is 7.93. The highest BCUT2D eigenvalue weighted by Crippen LogP contribution is 2.22. The van der Waals surface area contributed by atoms with E-state index in [9.17, 15) is 9.90 Å². The molecule has 0 spiro atoms. The normalized spacial score (nSPS) is 11.4. The van der Waals surface area contributed by atoms with Crippen molar-refractivity contribution in [2.45, 2.75) is 0 Å². The number of hydrogen-bond acceptors (Lipinski definition) is 5. The summed E-state index contributed by atoms with van der Waals surface area (Å²) >= 11 is 9.00. The smallest absolute Gasteiger partial charge is 0.271 e. The second-order valence-electron chi connectivity index (χ2n) is 6.65. The van der Waals surface area contributed by atoms with Crippen LogP contribution in [-0.2, 0) is 0 Å². The Morgan fingerprint density at radius 1 is 1.07 bits per heavy atom. The summed E-state index contributed by atoms with van der Waals surface area (Å²) in [4.78, 5) is 19.5. The number of rotatable bonds is 6.